The van der Waals surface area contributed by atoms with Crippen molar-refractivity contribution < 1.29 is 23.7 Å². The average molecular weight is 366 g/mol. The quantitative estimate of drug-likeness (QED) is 0.442. The van der Waals surface area contributed by atoms with Gasteiger partial charge in [-0.25, -0.2) is 0 Å². The topological polar surface area (TPSA) is 70.1 Å². The molecule has 1 aromatic rings. The predicted molar refractivity (Wildman–Crippen MR) is 96.8 cm³/mol. The van der Waals surface area contributed by atoms with Gasteiger partial charge in [0.1, 0.15) is 19.3 Å². The summed E-state index contributed by atoms with van der Waals surface area (Å²) in [6.45, 7) is 4.64. The van der Waals surface area contributed by atoms with Crippen LogP contribution in [0.4, 0.5) is 0 Å². The molecule has 0 aromatic carbocycles. The van der Waals surface area contributed by atoms with Crippen LogP contribution in [-0.4, -0.2) is 62.3 Å². The molecule has 1 amide bonds. The molecule has 0 aliphatic carbocycles. The molecule has 26 heavy (non-hydrogen) atoms. The number of amides is 1. The van der Waals surface area contributed by atoms with E-state index in [1.54, 1.807) is 38.5 Å². The summed E-state index contributed by atoms with van der Waals surface area (Å²) < 4.78 is 21.6. The third-order valence-electron chi connectivity index (χ3n) is 4.72. The van der Waals surface area contributed by atoms with E-state index in [0.29, 0.717) is 18.1 Å². The van der Waals surface area contributed by atoms with Crippen molar-refractivity contribution in [3.63, 3.8) is 0 Å². The molecule has 2 heterocycles. The number of hydrogen-bond acceptors (Lipinski definition) is 6. The molecule has 1 saturated heterocycles. The number of β-lactam (4-membered cyclic amide) rings is 1. The van der Waals surface area contributed by atoms with Crippen molar-refractivity contribution in [2.45, 2.75) is 44.8 Å². The fraction of sp³-hybridized carbons (Fsp3) is 0.684. The van der Waals surface area contributed by atoms with Crippen LogP contribution >= 0.6 is 0 Å². The molecule has 1 aliphatic rings. The summed E-state index contributed by atoms with van der Waals surface area (Å²) in [7, 11) is 4.75. The summed E-state index contributed by atoms with van der Waals surface area (Å²) in [5.41, 5.74) is -0.233. The molecule has 0 saturated carbocycles. The highest BCUT2D eigenvalue weighted by molar-refractivity contribution is 5.93. The van der Waals surface area contributed by atoms with E-state index < -0.39 is 5.60 Å². The SMILES string of the molecule is COCO[C@@]1(Cc2cc(OC)ccn2)C(=O)N(COC)[C@H]1CCC(C)C. The summed E-state index contributed by atoms with van der Waals surface area (Å²) in [4.78, 5) is 19.1. The largest absolute Gasteiger partial charge is 0.497 e. The Morgan fingerprint density at radius 1 is 1.27 bits per heavy atom. The molecule has 0 spiro atoms. The lowest BCUT2D eigenvalue weighted by Crippen LogP contribution is -2.76. The van der Waals surface area contributed by atoms with Crippen LogP contribution in [0.5, 0.6) is 5.75 Å². The predicted octanol–water partition coefficient (Wildman–Crippen LogP) is 2.24. The van der Waals surface area contributed by atoms with Crippen molar-refractivity contribution in [1.29, 1.82) is 0 Å². The van der Waals surface area contributed by atoms with Crippen LogP contribution in [0, 0.1) is 5.92 Å². The lowest BCUT2D eigenvalue weighted by Gasteiger charge is -2.55. The van der Waals surface area contributed by atoms with Gasteiger partial charge in [0.05, 0.1) is 13.2 Å². The Hall–Kier alpha value is -1.70. The zero-order chi connectivity index (χ0) is 19.2. The number of hydrogen-bond donors (Lipinski definition) is 0. The zero-order valence-electron chi connectivity index (χ0n) is 16.4. The molecule has 0 N–H and O–H groups in total. The molecule has 7 nitrogen and oxygen atoms in total. The van der Waals surface area contributed by atoms with Gasteiger partial charge < -0.3 is 23.8 Å². The maximum absolute atomic E-state index is 13.0. The molecule has 0 unspecified atom stereocenters. The maximum atomic E-state index is 13.0. The van der Waals surface area contributed by atoms with Crippen LogP contribution in [-0.2, 0) is 25.4 Å². The van der Waals surface area contributed by atoms with Crippen molar-refractivity contribution in [3.8, 4) is 5.75 Å². The van der Waals surface area contributed by atoms with Crippen molar-refractivity contribution in [1.82, 2.24) is 9.88 Å². The van der Waals surface area contributed by atoms with Crippen LogP contribution in [0.2, 0.25) is 0 Å². The minimum atomic E-state index is -0.983. The second kappa shape index (κ2) is 9.30. The van der Waals surface area contributed by atoms with Gasteiger partial charge in [0.2, 0.25) is 0 Å². The van der Waals surface area contributed by atoms with Crippen molar-refractivity contribution in [2.75, 3.05) is 34.9 Å². The van der Waals surface area contributed by atoms with Gasteiger partial charge in [-0.2, -0.15) is 0 Å². The molecule has 2 atom stereocenters. The molecule has 146 valence electrons. The summed E-state index contributed by atoms with van der Waals surface area (Å²) >= 11 is 0. The van der Waals surface area contributed by atoms with Gasteiger partial charge in [0, 0.05) is 38.6 Å². The van der Waals surface area contributed by atoms with Crippen LogP contribution in [0.15, 0.2) is 18.3 Å². The number of ether oxygens (including phenoxy) is 4. The van der Waals surface area contributed by atoms with Gasteiger partial charge in [0.25, 0.3) is 5.91 Å². The number of pyridine rings is 1. The minimum Gasteiger partial charge on any atom is -0.497 e. The minimum absolute atomic E-state index is 0.0503. The maximum Gasteiger partial charge on any atom is 0.259 e. The first-order valence-electron chi connectivity index (χ1n) is 8.90. The van der Waals surface area contributed by atoms with E-state index in [1.807, 2.05) is 6.07 Å². The Morgan fingerprint density at radius 2 is 2.04 bits per heavy atom. The van der Waals surface area contributed by atoms with Gasteiger partial charge in [0.15, 0.2) is 5.60 Å². The Morgan fingerprint density at radius 3 is 2.65 bits per heavy atom. The van der Waals surface area contributed by atoms with E-state index in [1.165, 1.54) is 0 Å². The lowest BCUT2D eigenvalue weighted by atomic mass is 9.75. The summed E-state index contributed by atoms with van der Waals surface area (Å²) in [5.74, 6) is 1.15. The number of likely N-dealkylation sites (tertiary alicyclic amines) is 1. The van der Waals surface area contributed by atoms with Crippen molar-refractivity contribution in [3.05, 3.63) is 24.0 Å². The fourth-order valence-corrected chi connectivity index (χ4v) is 3.40. The summed E-state index contributed by atoms with van der Waals surface area (Å²) in [6, 6.07) is 3.53. The average Bonchev–Trinajstić information content (AvgIpc) is 2.64. The van der Waals surface area contributed by atoms with Crippen LogP contribution < -0.4 is 4.74 Å². The number of rotatable bonds is 11. The molecular formula is C19H30N2O5. The van der Waals surface area contributed by atoms with Gasteiger partial charge in [-0.15, -0.1) is 0 Å². The lowest BCUT2D eigenvalue weighted by molar-refractivity contribution is -0.234. The third-order valence-corrected chi connectivity index (χ3v) is 4.72. The van der Waals surface area contributed by atoms with Gasteiger partial charge in [-0.05, 0) is 24.8 Å². The molecule has 0 radical (unpaired) electrons. The first kappa shape index (κ1) is 20.6. The van der Waals surface area contributed by atoms with E-state index in [-0.39, 0.29) is 25.5 Å². The first-order chi connectivity index (χ1) is 12.5. The Balaban J connectivity index is 2.29. The third kappa shape index (κ3) is 4.34. The van der Waals surface area contributed by atoms with E-state index in [2.05, 4.69) is 18.8 Å². The van der Waals surface area contributed by atoms with E-state index in [4.69, 9.17) is 18.9 Å². The molecule has 1 aromatic heterocycles. The second-order valence-electron chi connectivity index (χ2n) is 6.98. The second-order valence-corrected chi connectivity index (χ2v) is 6.98. The Bertz CT molecular complexity index is 595. The molecule has 2 rings (SSSR count). The fourth-order valence-electron chi connectivity index (χ4n) is 3.40. The number of carbonyl (C=O) groups is 1. The normalized spacial score (nSPS) is 22.6. The number of carbonyl (C=O) groups excluding carboxylic acids is 1. The molecule has 1 aliphatic heterocycles. The Kier molecular flexibility index (Phi) is 7.37. The van der Waals surface area contributed by atoms with Crippen LogP contribution in [0.1, 0.15) is 32.4 Å². The van der Waals surface area contributed by atoms with Gasteiger partial charge in [-0.3, -0.25) is 9.78 Å². The van der Waals surface area contributed by atoms with Gasteiger partial charge in [-0.1, -0.05) is 13.8 Å². The zero-order valence-corrected chi connectivity index (χ0v) is 16.4. The molecule has 0 bridgehead atoms. The van der Waals surface area contributed by atoms with Crippen molar-refractivity contribution in [2.24, 2.45) is 5.92 Å². The van der Waals surface area contributed by atoms with Crippen molar-refractivity contribution >= 4 is 5.91 Å². The molecule has 7 heteroatoms. The van der Waals surface area contributed by atoms with E-state index in [9.17, 15) is 4.79 Å². The van der Waals surface area contributed by atoms with Gasteiger partial charge >= 0.3 is 0 Å². The molecule has 1 fully saturated rings. The number of aromatic nitrogens is 1. The van der Waals surface area contributed by atoms with Crippen LogP contribution in [0.25, 0.3) is 0 Å². The highest BCUT2D eigenvalue weighted by Crippen LogP contribution is 2.40. The van der Waals surface area contributed by atoms with E-state index in [0.717, 1.165) is 18.5 Å². The Labute approximate surface area is 155 Å². The smallest absolute Gasteiger partial charge is 0.259 e. The highest BCUT2D eigenvalue weighted by Gasteiger charge is 2.61. The molecular weight excluding hydrogens is 336 g/mol. The van der Waals surface area contributed by atoms with E-state index >= 15 is 0 Å². The number of nitrogens with zero attached hydrogens (tertiary/aromatic N) is 2. The monoisotopic (exact) mass is 366 g/mol. The standard InChI is InChI=1S/C19H30N2O5/c1-14(2)6-7-17-19(26-13-24-4,18(22)21(17)12-23-3)11-15-10-16(25-5)8-9-20-15/h8-10,14,17H,6-7,11-13H2,1-5H3/t17-,19+/m0/s1. The summed E-state index contributed by atoms with van der Waals surface area (Å²) in [6.07, 6.45) is 3.87. The first-order valence-corrected chi connectivity index (χ1v) is 8.90. The highest BCUT2D eigenvalue weighted by atomic mass is 16.7. The number of methoxy groups -OCH3 is 3. The van der Waals surface area contributed by atoms with Crippen LogP contribution in [0.3, 0.4) is 0 Å². The summed E-state index contributed by atoms with van der Waals surface area (Å²) in [5, 5.41) is 0.